The van der Waals surface area contributed by atoms with Crippen molar-refractivity contribution < 1.29 is 38.4 Å². The lowest BCUT2D eigenvalue weighted by atomic mass is 9.87. The molecule has 82 heavy (non-hydrogen) atoms. The second-order valence-corrected chi connectivity index (χ2v) is 21.0. The van der Waals surface area contributed by atoms with E-state index >= 15 is 0 Å². The van der Waals surface area contributed by atoms with Crippen LogP contribution in [0.5, 0.6) is 0 Å². The molecule has 2 aliphatic heterocycles. The zero-order chi connectivity index (χ0) is 56.7. The molecule has 0 bridgehead atoms. The van der Waals surface area contributed by atoms with Gasteiger partial charge in [-0.05, 0) is 138 Å². The van der Waals surface area contributed by atoms with Crippen LogP contribution >= 0.6 is 24.8 Å². The van der Waals surface area contributed by atoms with Crippen molar-refractivity contribution >= 4 is 72.1 Å². The molecule has 10 atom stereocenters. The Morgan fingerprint density at radius 1 is 0.512 bits per heavy atom. The molecule has 0 spiro atoms. The van der Waals surface area contributed by atoms with Crippen LogP contribution < -0.4 is 42.5 Å². The van der Waals surface area contributed by atoms with Gasteiger partial charge >= 0.3 is 0 Å². The lowest BCUT2D eigenvalue weighted by molar-refractivity contribution is -0.141. The van der Waals surface area contributed by atoms with Gasteiger partial charge in [0.05, 0.1) is 24.2 Å². The summed E-state index contributed by atoms with van der Waals surface area (Å²) in [6.07, 6.45) is 4.76. The fourth-order valence-electron chi connectivity index (χ4n) is 11.0. The number of hydrogen-bond acceptors (Lipinski definition) is 10. The summed E-state index contributed by atoms with van der Waals surface area (Å²) >= 11 is 0. The van der Waals surface area contributed by atoms with Crippen LogP contribution in [0, 0.1) is 23.7 Å². The molecule has 434 valence electrons. The van der Waals surface area contributed by atoms with E-state index in [9.17, 15) is 38.4 Å². The molecule has 8 N–H and O–H groups in total. The van der Waals surface area contributed by atoms with Gasteiger partial charge in [-0.25, -0.2) is 0 Å². The van der Waals surface area contributed by atoms with Gasteiger partial charge in [-0.3, -0.25) is 38.4 Å². The van der Waals surface area contributed by atoms with E-state index < -0.39 is 72.0 Å². The Morgan fingerprint density at radius 3 is 1.26 bits per heavy atom. The summed E-state index contributed by atoms with van der Waals surface area (Å²) in [4.78, 5) is 115. The molecule has 8 amide bonds. The highest BCUT2D eigenvalue weighted by atomic mass is 35.5. The molecule has 2 fully saturated rings. The van der Waals surface area contributed by atoms with Crippen LogP contribution in [-0.4, -0.2) is 133 Å². The standard InChI is InChI=1S/C62H72N10O8.2ClH/c1-39(63-3)55(73)69-51(61(79)71-37-45(65-57(75)43-23-9-7-10-24-43)35-53(71)59(77)67-49-33-19-27-41-21-15-17-29-47(41)49)31-13-5-6-14-32-52(70-56(74)40(2)64-4)62(80)72-38-46(66-58(76)44-25-11-8-12-26-44)36-54(72)60(78)68-50-34-20-28-42-22-16-18-30-48(42)50;;/h7-12,15-18,21-26,29-30,39-40,45-46,49-54,63-64H,19-20,27-28,31-38H2,1-4H3,(H,65,75)(H,66,76)(H,67,77)(H,68,78)(H,69,73)(H,70,74);2*1H/t39-,40-,45-,46-,49+,50+,51-,52-,53-,54-;;/m0../s1. The maximum atomic E-state index is 14.8. The minimum Gasteiger partial charge on any atom is -0.347 e. The minimum absolute atomic E-state index is 0. The van der Waals surface area contributed by atoms with Gasteiger partial charge < -0.3 is 52.3 Å². The largest absolute Gasteiger partial charge is 0.347 e. The van der Waals surface area contributed by atoms with Gasteiger partial charge in [0, 0.05) is 49.1 Å². The summed E-state index contributed by atoms with van der Waals surface area (Å²) in [6.45, 7) is 3.25. The third-order valence-electron chi connectivity index (χ3n) is 15.6. The van der Waals surface area contributed by atoms with Crippen molar-refractivity contribution in [2.24, 2.45) is 0 Å². The van der Waals surface area contributed by atoms with Gasteiger partial charge in [-0.1, -0.05) is 96.8 Å². The van der Waals surface area contributed by atoms with Crippen LogP contribution in [-0.2, 0) is 41.6 Å². The fourth-order valence-corrected chi connectivity index (χ4v) is 11.0. The van der Waals surface area contributed by atoms with E-state index in [2.05, 4.69) is 78.3 Å². The number of aryl methyl sites for hydroxylation is 2. The summed E-state index contributed by atoms with van der Waals surface area (Å²) in [6, 6.07) is 25.6. The zero-order valence-electron chi connectivity index (χ0n) is 46.6. The molecule has 4 aliphatic rings. The molecule has 8 rings (SSSR count). The molecule has 0 unspecified atom stereocenters. The number of carbonyl (C=O) groups excluding carboxylic acids is 8. The lowest BCUT2D eigenvalue weighted by Crippen LogP contribution is -2.55. The number of carbonyl (C=O) groups is 8. The molecule has 4 aromatic rings. The predicted octanol–water partition coefficient (Wildman–Crippen LogP) is 3.99. The van der Waals surface area contributed by atoms with Gasteiger partial charge in [-0.15, -0.1) is 24.8 Å². The van der Waals surface area contributed by atoms with Crippen molar-refractivity contribution in [2.75, 3.05) is 27.2 Å². The Morgan fingerprint density at radius 2 is 0.878 bits per heavy atom. The van der Waals surface area contributed by atoms with E-state index in [0.29, 0.717) is 24.0 Å². The van der Waals surface area contributed by atoms with Crippen molar-refractivity contribution in [1.82, 2.24) is 52.3 Å². The van der Waals surface area contributed by atoms with E-state index in [1.807, 2.05) is 36.4 Å². The number of hydrogen-bond donors (Lipinski definition) is 8. The predicted molar refractivity (Wildman–Crippen MR) is 316 cm³/mol. The molecule has 0 saturated carbocycles. The van der Waals surface area contributed by atoms with Crippen LogP contribution in [0.4, 0.5) is 0 Å². The normalized spacial score (nSPS) is 20.9. The van der Waals surface area contributed by atoms with Crippen molar-refractivity contribution in [3.8, 4) is 23.7 Å². The maximum absolute atomic E-state index is 14.8. The SMILES string of the molecule is CN[C@@H](C)C(=O)N[C@@H](CC#CC#CC[C@H](NC(=O)[C@H](C)NC)C(=O)N1C[C@@H](NC(=O)c2ccccc2)C[C@H]1C(=O)N[C@@H]1CCCc2ccccc21)C(=O)N1C[C@@H](NC(=O)c2ccccc2)C[C@H]1C(=O)N[C@@H]1CCCc2ccccc21.Cl.Cl. The number of nitrogens with one attached hydrogen (secondary N) is 8. The highest BCUT2D eigenvalue weighted by molar-refractivity contribution is 5.97. The smallest absolute Gasteiger partial charge is 0.251 e. The van der Waals surface area contributed by atoms with E-state index in [4.69, 9.17) is 0 Å². The number of fused-ring (bicyclic) bond motifs is 2. The average molecular weight is 1160 g/mol. The lowest BCUT2D eigenvalue weighted by Gasteiger charge is -2.31. The Balaban J connectivity index is 0.00000541. The summed E-state index contributed by atoms with van der Waals surface area (Å²) < 4.78 is 0. The summed E-state index contributed by atoms with van der Waals surface area (Å²) in [5.41, 5.74) is 5.19. The first-order valence-corrected chi connectivity index (χ1v) is 27.7. The molecule has 18 nitrogen and oxygen atoms in total. The van der Waals surface area contributed by atoms with Gasteiger partial charge in [0.1, 0.15) is 24.2 Å². The Hall–Kier alpha value is -7.74. The second-order valence-electron chi connectivity index (χ2n) is 21.0. The maximum Gasteiger partial charge on any atom is 0.251 e. The Kier molecular flexibility index (Phi) is 23.5. The number of likely N-dealkylation sites (tertiary alicyclic amines) is 2. The number of halogens is 2. The van der Waals surface area contributed by atoms with Crippen molar-refractivity contribution in [2.45, 2.75) is 138 Å². The van der Waals surface area contributed by atoms with Crippen molar-refractivity contribution in [3.63, 3.8) is 0 Å². The summed E-state index contributed by atoms with van der Waals surface area (Å²) in [5.74, 6) is 7.72. The van der Waals surface area contributed by atoms with Crippen LogP contribution in [0.1, 0.15) is 120 Å². The second kappa shape index (κ2) is 30.4. The van der Waals surface area contributed by atoms with Crippen LogP contribution in [0.3, 0.4) is 0 Å². The number of amides is 8. The van der Waals surface area contributed by atoms with Gasteiger partial charge in [0.25, 0.3) is 11.8 Å². The quantitative estimate of drug-likeness (QED) is 0.0667. The highest BCUT2D eigenvalue weighted by Crippen LogP contribution is 2.32. The van der Waals surface area contributed by atoms with Gasteiger partial charge in [0.15, 0.2) is 0 Å². The number of rotatable bonds is 18. The molecular formula is C62H74Cl2N10O8. The van der Waals surface area contributed by atoms with Crippen LogP contribution in [0.15, 0.2) is 109 Å². The highest BCUT2D eigenvalue weighted by Gasteiger charge is 2.45. The third kappa shape index (κ3) is 16.0. The van der Waals surface area contributed by atoms with Gasteiger partial charge in [-0.2, -0.15) is 0 Å². The Labute approximate surface area is 492 Å². The molecule has 4 aromatic carbocycles. The average Bonchev–Trinajstić information content (AvgIpc) is 4.27. The molecule has 2 heterocycles. The van der Waals surface area contributed by atoms with Crippen LogP contribution in [0.25, 0.3) is 0 Å². The first-order valence-electron chi connectivity index (χ1n) is 27.7. The molecule has 2 saturated heterocycles. The topological polar surface area (TPSA) is 239 Å². The van der Waals surface area contributed by atoms with E-state index in [0.717, 1.165) is 47.9 Å². The zero-order valence-corrected chi connectivity index (χ0v) is 48.3. The van der Waals surface area contributed by atoms with E-state index in [1.54, 1.807) is 88.6 Å². The summed E-state index contributed by atoms with van der Waals surface area (Å²) in [5, 5.41) is 23.8. The number of nitrogens with zero attached hydrogens (tertiary/aromatic N) is 2. The molecule has 2 aliphatic carbocycles. The van der Waals surface area contributed by atoms with Gasteiger partial charge in [0.2, 0.25) is 35.4 Å². The van der Waals surface area contributed by atoms with E-state index in [1.165, 1.54) is 9.80 Å². The molecular weight excluding hydrogens is 1080 g/mol. The van der Waals surface area contributed by atoms with Crippen molar-refractivity contribution in [1.29, 1.82) is 0 Å². The molecule has 0 aromatic heterocycles. The third-order valence-corrected chi connectivity index (χ3v) is 15.6. The Bertz CT molecular complexity index is 2850. The monoisotopic (exact) mass is 1160 g/mol. The molecule has 20 heteroatoms. The first kappa shape index (κ1) is 63.4. The van der Waals surface area contributed by atoms with E-state index in [-0.39, 0.29) is 99.3 Å². The number of benzene rings is 4. The van der Waals surface area contributed by atoms with Crippen LogP contribution in [0.2, 0.25) is 0 Å². The fraction of sp³-hybridized carbons (Fsp3) is 0.419. The minimum atomic E-state index is -1.24. The first-order chi connectivity index (χ1) is 38.7. The van der Waals surface area contributed by atoms with Crippen molar-refractivity contribution in [3.05, 3.63) is 143 Å². The molecule has 0 radical (unpaired) electrons. The summed E-state index contributed by atoms with van der Waals surface area (Å²) in [7, 11) is 3.22. The number of likely N-dealkylation sites (N-methyl/N-ethyl adjacent to an activating group) is 2.